The zero-order valence-corrected chi connectivity index (χ0v) is 17.3. The molecule has 0 spiro atoms. The molecule has 6 heteroatoms. The van der Waals surface area contributed by atoms with E-state index in [9.17, 15) is 4.79 Å². The Bertz CT molecular complexity index is 749. The van der Waals surface area contributed by atoms with E-state index in [1.807, 2.05) is 5.38 Å². The summed E-state index contributed by atoms with van der Waals surface area (Å²) in [7, 11) is 0. The van der Waals surface area contributed by atoms with Gasteiger partial charge in [0.1, 0.15) is 10.7 Å². The van der Waals surface area contributed by atoms with Crippen LogP contribution in [0.25, 0.3) is 0 Å². The molecule has 2 heterocycles. The molecule has 1 aliphatic carbocycles. The number of hydrogen-bond acceptors (Lipinski definition) is 5. The molecule has 1 saturated carbocycles. The van der Waals surface area contributed by atoms with E-state index in [-0.39, 0.29) is 5.91 Å². The minimum absolute atomic E-state index is 0.00193. The fourth-order valence-electron chi connectivity index (χ4n) is 4.13. The first-order valence-electron chi connectivity index (χ1n) is 10.5. The summed E-state index contributed by atoms with van der Waals surface area (Å²) in [5.74, 6) is 0.00193. The molecule has 2 fully saturated rings. The van der Waals surface area contributed by atoms with E-state index in [1.165, 1.54) is 24.8 Å². The van der Waals surface area contributed by atoms with E-state index >= 15 is 0 Å². The molecule has 0 atom stereocenters. The van der Waals surface area contributed by atoms with Crippen LogP contribution in [0.5, 0.6) is 0 Å². The molecule has 1 aromatic heterocycles. The van der Waals surface area contributed by atoms with Gasteiger partial charge in [-0.2, -0.15) is 0 Å². The normalized spacial score (nSPS) is 19.6. The number of carbonyl (C=O) groups excluding carboxylic acids is 1. The molecule has 1 aromatic carbocycles. The van der Waals surface area contributed by atoms with Crippen LogP contribution in [0.2, 0.25) is 0 Å². The van der Waals surface area contributed by atoms with E-state index in [1.54, 1.807) is 11.3 Å². The SMILES string of the molecule is O=C(NC1CCCCC1)c1csc(CN2CCN(Cc3ccccc3)CC2)n1. The van der Waals surface area contributed by atoms with Crippen molar-refractivity contribution < 1.29 is 4.79 Å². The average Bonchev–Trinajstić information content (AvgIpc) is 3.20. The second kappa shape index (κ2) is 9.63. The first-order chi connectivity index (χ1) is 13.8. The molecule has 0 unspecified atom stereocenters. The maximum absolute atomic E-state index is 12.4. The molecular weight excluding hydrogens is 368 g/mol. The number of amides is 1. The molecule has 1 amide bonds. The maximum atomic E-state index is 12.4. The van der Waals surface area contributed by atoms with Gasteiger partial charge in [-0.1, -0.05) is 49.6 Å². The maximum Gasteiger partial charge on any atom is 0.270 e. The zero-order chi connectivity index (χ0) is 19.2. The highest BCUT2D eigenvalue weighted by Crippen LogP contribution is 2.19. The average molecular weight is 399 g/mol. The van der Waals surface area contributed by atoms with Gasteiger partial charge in [0.15, 0.2) is 0 Å². The third-order valence-corrected chi connectivity index (χ3v) is 6.63. The third kappa shape index (κ3) is 5.40. The number of nitrogens with one attached hydrogen (secondary N) is 1. The van der Waals surface area contributed by atoms with Gasteiger partial charge in [-0.3, -0.25) is 14.6 Å². The van der Waals surface area contributed by atoms with Crippen LogP contribution < -0.4 is 5.32 Å². The van der Waals surface area contributed by atoms with Crippen LogP contribution >= 0.6 is 11.3 Å². The summed E-state index contributed by atoms with van der Waals surface area (Å²) >= 11 is 1.61. The third-order valence-electron chi connectivity index (χ3n) is 5.80. The smallest absolute Gasteiger partial charge is 0.270 e. The lowest BCUT2D eigenvalue weighted by Gasteiger charge is -2.34. The lowest BCUT2D eigenvalue weighted by molar-refractivity contribution is 0.0922. The number of nitrogens with zero attached hydrogens (tertiary/aromatic N) is 3. The Morgan fingerprint density at radius 2 is 1.68 bits per heavy atom. The lowest BCUT2D eigenvalue weighted by atomic mass is 9.95. The molecule has 0 radical (unpaired) electrons. The van der Waals surface area contributed by atoms with Crippen LogP contribution in [0.3, 0.4) is 0 Å². The van der Waals surface area contributed by atoms with Gasteiger partial charge in [-0.25, -0.2) is 4.98 Å². The number of rotatable bonds is 6. The molecule has 5 nitrogen and oxygen atoms in total. The number of aromatic nitrogens is 1. The molecular formula is C22H30N4OS. The Morgan fingerprint density at radius 1 is 1.00 bits per heavy atom. The molecule has 0 bridgehead atoms. The van der Waals surface area contributed by atoms with Crippen molar-refractivity contribution in [1.82, 2.24) is 20.1 Å². The van der Waals surface area contributed by atoms with Gasteiger partial charge in [-0.15, -0.1) is 11.3 Å². The summed E-state index contributed by atoms with van der Waals surface area (Å²) in [5.41, 5.74) is 1.97. The molecule has 28 heavy (non-hydrogen) atoms. The van der Waals surface area contributed by atoms with Gasteiger partial charge < -0.3 is 5.32 Å². The topological polar surface area (TPSA) is 48.5 Å². The number of thiazole rings is 1. The second-order valence-electron chi connectivity index (χ2n) is 7.97. The summed E-state index contributed by atoms with van der Waals surface area (Å²) in [6, 6.07) is 11.0. The van der Waals surface area contributed by atoms with Crippen LogP contribution in [0, 0.1) is 0 Å². The molecule has 150 valence electrons. The van der Waals surface area contributed by atoms with Crippen LogP contribution in [0.4, 0.5) is 0 Å². The summed E-state index contributed by atoms with van der Waals surface area (Å²) in [4.78, 5) is 22.0. The highest BCUT2D eigenvalue weighted by atomic mass is 32.1. The van der Waals surface area contributed by atoms with Crippen molar-refractivity contribution >= 4 is 17.2 Å². The van der Waals surface area contributed by atoms with Crippen LogP contribution in [-0.2, 0) is 13.1 Å². The minimum atomic E-state index is 0.00193. The fourth-order valence-corrected chi connectivity index (χ4v) is 4.95. The number of hydrogen-bond donors (Lipinski definition) is 1. The van der Waals surface area contributed by atoms with Crippen molar-refractivity contribution in [1.29, 1.82) is 0 Å². The molecule has 2 aliphatic rings. The summed E-state index contributed by atoms with van der Waals surface area (Å²) < 4.78 is 0. The Hall–Kier alpha value is -1.76. The Balaban J connectivity index is 1.22. The highest BCUT2D eigenvalue weighted by Gasteiger charge is 2.21. The lowest BCUT2D eigenvalue weighted by Crippen LogP contribution is -2.45. The molecule has 1 aliphatic heterocycles. The van der Waals surface area contributed by atoms with E-state index in [2.05, 4.69) is 50.4 Å². The summed E-state index contributed by atoms with van der Waals surface area (Å²) in [6.07, 6.45) is 5.96. The predicted octanol–water partition coefficient (Wildman–Crippen LogP) is 3.52. The first-order valence-corrected chi connectivity index (χ1v) is 11.4. The van der Waals surface area contributed by atoms with E-state index in [4.69, 9.17) is 0 Å². The van der Waals surface area contributed by atoms with Gasteiger partial charge in [-0.05, 0) is 18.4 Å². The number of carbonyl (C=O) groups is 1. The van der Waals surface area contributed by atoms with Crippen LogP contribution in [-0.4, -0.2) is 52.9 Å². The monoisotopic (exact) mass is 398 g/mol. The van der Waals surface area contributed by atoms with E-state index < -0.39 is 0 Å². The van der Waals surface area contributed by atoms with Crippen molar-refractivity contribution in [2.45, 2.75) is 51.2 Å². The highest BCUT2D eigenvalue weighted by molar-refractivity contribution is 7.09. The Morgan fingerprint density at radius 3 is 2.39 bits per heavy atom. The minimum Gasteiger partial charge on any atom is -0.348 e. The Labute approximate surface area is 171 Å². The molecule has 1 saturated heterocycles. The van der Waals surface area contributed by atoms with Crippen molar-refractivity contribution in [3.63, 3.8) is 0 Å². The van der Waals surface area contributed by atoms with Crippen molar-refractivity contribution in [2.24, 2.45) is 0 Å². The molecule has 4 rings (SSSR count). The second-order valence-corrected chi connectivity index (χ2v) is 8.92. The first kappa shape index (κ1) is 19.6. The number of piperazine rings is 1. The van der Waals surface area contributed by atoms with Gasteiger partial charge in [0.05, 0.1) is 6.54 Å². The summed E-state index contributed by atoms with van der Waals surface area (Å²) in [5, 5.41) is 6.13. The van der Waals surface area contributed by atoms with Crippen molar-refractivity contribution in [3.8, 4) is 0 Å². The van der Waals surface area contributed by atoms with Crippen molar-refractivity contribution in [3.05, 3.63) is 52.0 Å². The van der Waals surface area contributed by atoms with E-state index in [0.29, 0.717) is 11.7 Å². The number of benzene rings is 1. The van der Waals surface area contributed by atoms with Crippen LogP contribution in [0.1, 0.15) is 53.2 Å². The fraction of sp³-hybridized carbons (Fsp3) is 0.545. The van der Waals surface area contributed by atoms with Gasteiger partial charge in [0, 0.05) is 44.1 Å². The molecule has 2 aromatic rings. The zero-order valence-electron chi connectivity index (χ0n) is 16.5. The standard InChI is InChI=1S/C22H30N4OS/c27-22(23-19-9-5-2-6-10-19)20-17-28-21(24-20)16-26-13-11-25(12-14-26)15-18-7-3-1-4-8-18/h1,3-4,7-8,17,19H,2,5-6,9-16H2,(H,23,27). The summed E-state index contributed by atoms with van der Waals surface area (Å²) in [6.45, 7) is 6.13. The van der Waals surface area contributed by atoms with Gasteiger partial charge >= 0.3 is 0 Å². The van der Waals surface area contributed by atoms with Crippen molar-refractivity contribution in [2.75, 3.05) is 26.2 Å². The quantitative estimate of drug-likeness (QED) is 0.809. The van der Waals surface area contributed by atoms with Gasteiger partial charge in [0.2, 0.25) is 0 Å². The largest absolute Gasteiger partial charge is 0.348 e. The van der Waals surface area contributed by atoms with Gasteiger partial charge in [0.25, 0.3) is 5.91 Å². The Kier molecular flexibility index (Phi) is 6.73. The van der Waals surface area contributed by atoms with Crippen LogP contribution in [0.15, 0.2) is 35.7 Å². The predicted molar refractivity (Wildman–Crippen MR) is 113 cm³/mol. The van der Waals surface area contributed by atoms with E-state index in [0.717, 1.165) is 57.1 Å². The molecule has 1 N–H and O–H groups in total.